The Morgan fingerprint density at radius 1 is 0.464 bits per heavy atom. The van der Waals surface area contributed by atoms with Crippen LogP contribution in [0.1, 0.15) is 133 Å². The molecule has 1 aliphatic heterocycles. The van der Waals surface area contributed by atoms with Gasteiger partial charge in [0.05, 0.1) is 6.04 Å². The van der Waals surface area contributed by atoms with Gasteiger partial charge in [-0.1, -0.05) is 119 Å². The Bertz CT molecular complexity index is 3160. The minimum atomic E-state index is -1.37. The molecule has 19 N–H and O–H groups in total. The number of nitrogens with two attached hydrogens (primary N) is 4. The van der Waals surface area contributed by atoms with Crippen LogP contribution in [0.25, 0.3) is 0 Å². The first kappa shape index (κ1) is 78.7. The molecular weight excluding hydrogens is 1240 g/mol. The number of aromatic hydroxyl groups is 2. The summed E-state index contributed by atoms with van der Waals surface area (Å²) >= 11 is 0. The number of likely N-dealkylation sites (tertiary alicyclic amines) is 1. The van der Waals surface area contributed by atoms with Gasteiger partial charge in [0.15, 0.2) is 0 Å². The maximum absolute atomic E-state index is 15.0. The number of carbonyl (C=O) groups is 10. The van der Waals surface area contributed by atoms with Crippen molar-refractivity contribution in [2.75, 3.05) is 26.2 Å². The van der Waals surface area contributed by atoms with E-state index in [4.69, 9.17) is 22.9 Å². The lowest BCUT2D eigenvalue weighted by atomic mass is 9.96. The molecule has 0 unspecified atom stereocenters. The molecule has 530 valence electrons. The van der Waals surface area contributed by atoms with Gasteiger partial charge in [-0.05, 0) is 161 Å². The van der Waals surface area contributed by atoms with E-state index < -0.39 is 125 Å². The average Bonchev–Trinajstić information content (AvgIpc) is 1.76. The van der Waals surface area contributed by atoms with Crippen LogP contribution in [0.5, 0.6) is 11.5 Å². The zero-order valence-electron chi connectivity index (χ0n) is 56.4. The predicted octanol–water partition coefficient (Wildman–Crippen LogP) is 2.13. The molecule has 0 aromatic heterocycles. The Kier molecular flexibility index (Phi) is 33.4. The smallest absolute Gasteiger partial charge is 0.326 e. The molecule has 9 amide bonds. The summed E-state index contributed by atoms with van der Waals surface area (Å²) in [5.41, 5.74) is 26.5. The molecule has 11 atom stereocenters. The van der Waals surface area contributed by atoms with Crippen LogP contribution < -0.4 is 65.5 Å². The molecule has 1 fully saturated rings. The van der Waals surface area contributed by atoms with Gasteiger partial charge in [0, 0.05) is 25.8 Å². The third-order valence-corrected chi connectivity index (χ3v) is 17.2. The molecule has 97 heavy (non-hydrogen) atoms. The Labute approximate surface area is 568 Å². The number of benzene rings is 4. The summed E-state index contributed by atoms with van der Waals surface area (Å²) in [6.45, 7) is 8.09. The van der Waals surface area contributed by atoms with Crippen molar-refractivity contribution >= 4 is 59.1 Å². The number of carboxylic acids is 1. The van der Waals surface area contributed by atoms with Gasteiger partial charge < -0.3 is 85.7 Å². The van der Waals surface area contributed by atoms with Gasteiger partial charge in [-0.25, -0.2) is 4.79 Å². The van der Waals surface area contributed by atoms with Crippen LogP contribution in [0.2, 0.25) is 0 Å². The molecule has 1 saturated heterocycles. The van der Waals surface area contributed by atoms with E-state index in [9.17, 15) is 58.5 Å². The molecule has 4 aromatic carbocycles. The Morgan fingerprint density at radius 2 is 0.845 bits per heavy atom. The molecule has 4 aromatic rings. The normalized spacial score (nSPS) is 15.9. The maximum Gasteiger partial charge on any atom is 0.326 e. The molecule has 1 aliphatic rings. The van der Waals surface area contributed by atoms with E-state index in [0.29, 0.717) is 80.2 Å². The van der Waals surface area contributed by atoms with Crippen LogP contribution in [-0.2, 0) is 73.6 Å². The SMILES string of the molecule is CC[C@H](C)[C@H](NC(=O)[C@H](Cc1ccc(O)cc1)NC(=O)[C@@H]1CCCN1C(=O)[C@H](CCCCN)NC(=O)[C@H](CCCCN)NC(=O)[C@H](Cc1ccccc1)NC(=O)[C@H](Cc1ccccc1)NC(=O)[C@@H](CCCCN)NC(=O)[C@@H](N)Cc1ccc(O)cc1)C(=O)N[C@@H](CC(C)C)C(=O)O. The summed E-state index contributed by atoms with van der Waals surface area (Å²) in [6.07, 6.45) is 3.80. The number of hydrogen-bond acceptors (Lipinski definition) is 16. The monoisotopic (exact) mass is 1350 g/mol. The van der Waals surface area contributed by atoms with Crippen molar-refractivity contribution in [3.8, 4) is 11.5 Å². The van der Waals surface area contributed by atoms with Gasteiger partial charge in [0.1, 0.15) is 65.9 Å². The van der Waals surface area contributed by atoms with Gasteiger partial charge >= 0.3 is 5.97 Å². The molecule has 0 saturated carbocycles. The number of nitrogens with zero attached hydrogens (tertiary/aromatic N) is 1. The van der Waals surface area contributed by atoms with Gasteiger partial charge in [0.25, 0.3) is 0 Å². The van der Waals surface area contributed by atoms with E-state index in [-0.39, 0.29) is 94.8 Å². The molecule has 26 heteroatoms. The van der Waals surface area contributed by atoms with E-state index in [1.807, 2.05) is 13.8 Å². The number of phenolic OH excluding ortho intramolecular Hbond substituents is 2. The van der Waals surface area contributed by atoms with E-state index in [1.165, 1.54) is 29.2 Å². The first-order valence-corrected chi connectivity index (χ1v) is 33.9. The van der Waals surface area contributed by atoms with E-state index in [0.717, 1.165) is 0 Å². The van der Waals surface area contributed by atoms with Crippen LogP contribution in [0.4, 0.5) is 0 Å². The number of rotatable bonds is 42. The van der Waals surface area contributed by atoms with Crippen molar-refractivity contribution < 1.29 is 63.3 Å². The quantitative estimate of drug-likeness (QED) is 0.0283. The predicted molar refractivity (Wildman–Crippen MR) is 367 cm³/mol. The summed E-state index contributed by atoms with van der Waals surface area (Å²) in [6, 6.07) is 17.4. The molecule has 0 radical (unpaired) electrons. The summed E-state index contributed by atoms with van der Waals surface area (Å²) in [7, 11) is 0. The fourth-order valence-electron chi connectivity index (χ4n) is 11.5. The van der Waals surface area contributed by atoms with Crippen LogP contribution in [0.3, 0.4) is 0 Å². The highest BCUT2D eigenvalue weighted by Gasteiger charge is 2.41. The second-order valence-corrected chi connectivity index (χ2v) is 25.5. The van der Waals surface area contributed by atoms with Crippen LogP contribution in [-0.4, -0.2) is 166 Å². The fraction of sp³-hybridized carbons (Fsp3) is 0.521. The van der Waals surface area contributed by atoms with Crippen molar-refractivity contribution in [2.24, 2.45) is 34.8 Å². The minimum absolute atomic E-state index is 0.0395. The van der Waals surface area contributed by atoms with Crippen molar-refractivity contribution in [2.45, 2.75) is 197 Å². The summed E-state index contributed by atoms with van der Waals surface area (Å²) in [5.74, 6) is -8.22. The first-order valence-electron chi connectivity index (χ1n) is 33.9. The highest BCUT2D eigenvalue weighted by Crippen LogP contribution is 2.23. The first-order chi connectivity index (χ1) is 46.4. The molecular formula is C71H103N13O13. The third-order valence-electron chi connectivity index (χ3n) is 17.2. The lowest BCUT2D eigenvalue weighted by Crippen LogP contribution is -2.61. The van der Waals surface area contributed by atoms with E-state index in [2.05, 4.69) is 42.5 Å². The minimum Gasteiger partial charge on any atom is -0.508 e. The number of amides is 9. The van der Waals surface area contributed by atoms with Crippen LogP contribution in [0, 0.1) is 11.8 Å². The Hall–Kier alpha value is -8.98. The zero-order valence-corrected chi connectivity index (χ0v) is 56.4. The van der Waals surface area contributed by atoms with Gasteiger partial charge in [-0.3, -0.25) is 43.2 Å². The van der Waals surface area contributed by atoms with Crippen LogP contribution >= 0.6 is 0 Å². The molecule has 5 rings (SSSR count). The van der Waals surface area contributed by atoms with Crippen LogP contribution in [0.15, 0.2) is 109 Å². The third kappa shape index (κ3) is 26.5. The van der Waals surface area contributed by atoms with Crippen molar-refractivity contribution in [1.82, 2.24) is 47.4 Å². The average molecular weight is 1350 g/mol. The summed E-state index contributed by atoms with van der Waals surface area (Å²) in [4.78, 5) is 144. The lowest BCUT2D eigenvalue weighted by molar-refractivity contribution is -0.143. The number of unbranched alkanes of at least 4 members (excludes halogenated alkanes) is 3. The Balaban J connectivity index is 1.41. The largest absolute Gasteiger partial charge is 0.508 e. The molecule has 26 nitrogen and oxygen atoms in total. The lowest BCUT2D eigenvalue weighted by Gasteiger charge is -2.32. The van der Waals surface area contributed by atoms with Gasteiger partial charge in [0.2, 0.25) is 53.2 Å². The van der Waals surface area contributed by atoms with E-state index >= 15 is 4.79 Å². The highest BCUT2D eigenvalue weighted by molar-refractivity contribution is 5.99. The molecule has 0 spiro atoms. The van der Waals surface area contributed by atoms with Crippen molar-refractivity contribution in [3.05, 3.63) is 131 Å². The summed E-state index contributed by atoms with van der Waals surface area (Å²) < 4.78 is 0. The van der Waals surface area contributed by atoms with Crippen molar-refractivity contribution in [1.29, 1.82) is 0 Å². The summed E-state index contributed by atoms with van der Waals surface area (Å²) in [5, 5.41) is 52.2. The fourth-order valence-corrected chi connectivity index (χ4v) is 11.5. The standard InChI is InChI=1S/C71H103N13O13/c1-5-45(4)61(69(94)82-59(71(96)97)39-44(2)3)83-67(92)58(43-49-29-33-51(86)34-30-49)81-68(93)60-26-18-38-84(60)70(95)55(25-14-17-37-74)78-63(88)54(24-13-16-36-73)77-65(90)56(41-46-19-8-6-9-20-46)80-66(91)57(42-47-21-10-7-11-22-47)79-64(89)53(23-12-15-35-72)76-62(87)52(75)40-48-27-31-50(85)32-28-48/h6-11,19-22,27-34,44-45,52-61,85-86H,5,12-18,23-26,35-43,72-75H2,1-4H3,(H,76,87)(H,77,90)(H,78,88)(H,79,89)(H,80,91)(H,81,93)(H,82,94)(H,83,92)(H,96,97)/t45-,52-,53+,54-,55-,56-,57-,58-,59-,60-,61-/m0/s1. The number of nitrogens with one attached hydrogen (secondary N) is 8. The number of carboxylic acid groups (broad SMARTS) is 1. The maximum atomic E-state index is 15.0. The number of phenols is 2. The Morgan fingerprint density at radius 3 is 1.29 bits per heavy atom. The van der Waals surface area contributed by atoms with Gasteiger partial charge in [-0.2, -0.15) is 0 Å². The highest BCUT2D eigenvalue weighted by atomic mass is 16.4. The number of aliphatic carboxylic acids is 1. The number of carbonyl (C=O) groups excluding carboxylic acids is 9. The molecule has 0 bridgehead atoms. The zero-order chi connectivity index (χ0) is 71.0. The van der Waals surface area contributed by atoms with Gasteiger partial charge in [-0.15, -0.1) is 0 Å². The molecule has 1 heterocycles. The second-order valence-electron chi connectivity index (χ2n) is 25.5. The number of hydrogen-bond donors (Lipinski definition) is 15. The van der Waals surface area contributed by atoms with E-state index in [1.54, 1.807) is 98.8 Å². The molecule has 0 aliphatic carbocycles. The van der Waals surface area contributed by atoms with Crippen molar-refractivity contribution in [3.63, 3.8) is 0 Å². The topological polar surface area (TPSA) is 435 Å². The second kappa shape index (κ2) is 41.2.